The molecule has 0 aliphatic heterocycles. The molecule has 7 heteroatoms. The summed E-state index contributed by atoms with van der Waals surface area (Å²) < 4.78 is 11.4. The van der Waals surface area contributed by atoms with Gasteiger partial charge < -0.3 is 15.2 Å². The zero-order chi connectivity index (χ0) is 14.3. The van der Waals surface area contributed by atoms with Gasteiger partial charge in [-0.15, -0.1) is 0 Å². The number of nitrogens with two attached hydrogens (primary N) is 1. The summed E-state index contributed by atoms with van der Waals surface area (Å²) in [5, 5.41) is 1.34. The van der Waals surface area contributed by atoms with Crippen molar-refractivity contribution in [1.29, 1.82) is 0 Å². The quantitative estimate of drug-likeness (QED) is 0.724. The first-order chi connectivity index (χ1) is 9.65. The van der Waals surface area contributed by atoms with Crippen molar-refractivity contribution in [1.82, 2.24) is 9.97 Å². The van der Waals surface area contributed by atoms with Gasteiger partial charge in [-0.1, -0.05) is 11.3 Å². The van der Waals surface area contributed by atoms with Crippen LogP contribution in [0, 0.1) is 0 Å². The fourth-order valence-corrected chi connectivity index (χ4v) is 2.99. The molecule has 2 heterocycles. The first-order valence-corrected chi connectivity index (χ1v) is 6.57. The largest absolute Gasteiger partial charge is 0.496 e. The van der Waals surface area contributed by atoms with Gasteiger partial charge in [0.2, 0.25) is 0 Å². The summed E-state index contributed by atoms with van der Waals surface area (Å²) in [6.07, 6.45) is 1.49. The molecular weight excluding hydrogens is 278 g/mol. The van der Waals surface area contributed by atoms with E-state index in [1.807, 2.05) is 0 Å². The van der Waals surface area contributed by atoms with Crippen LogP contribution in [0.3, 0.4) is 0 Å². The van der Waals surface area contributed by atoms with E-state index in [0.717, 1.165) is 0 Å². The second kappa shape index (κ2) is 4.61. The summed E-state index contributed by atoms with van der Waals surface area (Å²) in [6, 6.07) is 3.55. The smallest absolute Gasteiger partial charge is 0.282 e. The van der Waals surface area contributed by atoms with Crippen LogP contribution < -0.4 is 20.8 Å². The lowest BCUT2D eigenvalue weighted by molar-refractivity contribution is 0.410. The van der Waals surface area contributed by atoms with Crippen LogP contribution >= 0.6 is 11.3 Å². The molecule has 0 aliphatic rings. The van der Waals surface area contributed by atoms with Crippen LogP contribution in [0.1, 0.15) is 0 Å². The zero-order valence-electron chi connectivity index (χ0n) is 10.8. The third-order valence-corrected chi connectivity index (χ3v) is 3.91. The van der Waals surface area contributed by atoms with Crippen LogP contribution in [0.4, 0.5) is 5.13 Å². The SMILES string of the molecule is COc1ccc(OC)c2c1ncc1c(=O)nc(N)sc12. The maximum Gasteiger partial charge on any atom is 0.282 e. The highest BCUT2D eigenvalue weighted by atomic mass is 32.1. The van der Waals surface area contributed by atoms with Crippen LogP contribution in [-0.4, -0.2) is 24.2 Å². The number of methoxy groups -OCH3 is 2. The lowest BCUT2D eigenvalue weighted by atomic mass is 10.1. The lowest BCUT2D eigenvalue weighted by Gasteiger charge is -2.10. The van der Waals surface area contributed by atoms with Gasteiger partial charge in [-0.25, -0.2) is 0 Å². The number of anilines is 1. The summed E-state index contributed by atoms with van der Waals surface area (Å²) in [6.45, 7) is 0. The molecule has 2 N–H and O–H groups in total. The standard InChI is InChI=1S/C13H11N3O3S/c1-18-7-3-4-8(19-2)10-9(7)11-6(5-15-10)12(17)16-13(14)20-11/h3-5H,1-2H3,(H2,14,16,17). The Hall–Kier alpha value is -2.41. The van der Waals surface area contributed by atoms with E-state index in [0.29, 0.717) is 32.5 Å². The topological polar surface area (TPSA) is 87.3 Å². The first-order valence-electron chi connectivity index (χ1n) is 5.75. The van der Waals surface area contributed by atoms with Crippen LogP contribution in [0.2, 0.25) is 0 Å². The van der Waals surface area contributed by atoms with Crippen molar-refractivity contribution in [2.75, 3.05) is 20.0 Å². The zero-order valence-corrected chi connectivity index (χ0v) is 11.7. The molecule has 1 aromatic carbocycles. The van der Waals surface area contributed by atoms with E-state index in [1.54, 1.807) is 26.4 Å². The number of nitrogens with zero attached hydrogens (tertiary/aromatic N) is 2. The summed E-state index contributed by atoms with van der Waals surface area (Å²) in [5.41, 5.74) is 5.93. The molecule has 102 valence electrons. The molecule has 0 fully saturated rings. The Balaban J connectivity index is 2.61. The van der Waals surface area contributed by atoms with Gasteiger partial charge in [0.25, 0.3) is 5.56 Å². The molecule has 20 heavy (non-hydrogen) atoms. The number of pyridine rings is 1. The molecule has 0 saturated heterocycles. The minimum Gasteiger partial charge on any atom is -0.496 e. The number of rotatable bonds is 2. The highest BCUT2D eigenvalue weighted by Gasteiger charge is 2.15. The minimum atomic E-state index is -0.393. The van der Waals surface area contributed by atoms with E-state index >= 15 is 0 Å². The number of hydrogen-bond acceptors (Lipinski definition) is 7. The van der Waals surface area contributed by atoms with E-state index in [1.165, 1.54) is 17.5 Å². The number of fused-ring (bicyclic) bond motifs is 3. The van der Waals surface area contributed by atoms with Crippen molar-refractivity contribution < 1.29 is 9.47 Å². The van der Waals surface area contributed by atoms with Gasteiger partial charge in [0.05, 0.1) is 29.7 Å². The maximum absolute atomic E-state index is 11.9. The van der Waals surface area contributed by atoms with E-state index in [9.17, 15) is 4.79 Å². The van der Waals surface area contributed by atoms with Crippen molar-refractivity contribution in [3.8, 4) is 11.5 Å². The summed E-state index contributed by atoms with van der Waals surface area (Å²) in [7, 11) is 3.13. The van der Waals surface area contributed by atoms with E-state index < -0.39 is 5.56 Å². The lowest BCUT2D eigenvalue weighted by Crippen LogP contribution is -2.08. The second-order valence-corrected chi connectivity index (χ2v) is 5.08. The van der Waals surface area contributed by atoms with Crippen LogP contribution in [0.25, 0.3) is 21.0 Å². The molecule has 6 nitrogen and oxygen atoms in total. The fraction of sp³-hybridized carbons (Fsp3) is 0.154. The Bertz CT molecular complexity index is 876. The number of hydrogen-bond donors (Lipinski definition) is 1. The van der Waals surface area contributed by atoms with Gasteiger partial charge in [0, 0.05) is 6.20 Å². The van der Waals surface area contributed by atoms with Crippen molar-refractivity contribution in [3.63, 3.8) is 0 Å². The molecule has 0 aliphatic carbocycles. The highest BCUT2D eigenvalue weighted by molar-refractivity contribution is 7.22. The third-order valence-electron chi connectivity index (χ3n) is 2.99. The first kappa shape index (κ1) is 12.6. The highest BCUT2D eigenvalue weighted by Crippen LogP contribution is 2.37. The van der Waals surface area contributed by atoms with Gasteiger partial charge in [-0.2, -0.15) is 4.98 Å². The van der Waals surface area contributed by atoms with Gasteiger partial charge in [0.1, 0.15) is 17.0 Å². The van der Waals surface area contributed by atoms with E-state index in [2.05, 4.69) is 9.97 Å². The molecule has 0 unspecified atom stereocenters. The van der Waals surface area contributed by atoms with Crippen LogP contribution in [0.5, 0.6) is 11.5 Å². The summed E-state index contributed by atoms with van der Waals surface area (Å²) in [4.78, 5) is 19.9. The van der Waals surface area contributed by atoms with Gasteiger partial charge >= 0.3 is 0 Å². The van der Waals surface area contributed by atoms with Gasteiger partial charge in [0.15, 0.2) is 5.13 Å². The predicted molar refractivity (Wildman–Crippen MR) is 78.7 cm³/mol. The Morgan fingerprint density at radius 3 is 2.60 bits per heavy atom. The molecule has 0 atom stereocenters. The van der Waals surface area contributed by atoms with Crippen LogP contribution in [-0.2, 0) is 0 Å². The van der Waals surface area contributed by atoms with Crippen molar-refractivity contribution in [2.45, 2.75) is 0 Å². The number of nitrogen functional groups attached to an aromatic ring is 1. The fourth-order valence-electron chi connectivity index (χ4n) is 2.10. The molecule has 0 amide bonds. The van der Waals surface area contributed by atoms with Crippen molar-refractivity contribution >= 4 is 37.5 Å². The van der Waals surface area contributed by atoms with Crippen molar-refractivity contribution in [2.24, 2.45) is 0 Å². The molecule has 0 radical (unpaired) electrons. The number of aromatic nitrogens is 2. The maximum atomic E-state index is 11.9. The predicted octanol–water partition coefficient (Wildman–Crippen LogP) is 1.80. The summed E-state index contributed by atoms with van der Waals surface area (Å²) in [5.74, 6) is 1.22. The third kappa shape index (κ3) is 1.75. The monoisotopic (exact) mass is 289 g/mol. The Morgan fingerprint density at radius 1 is 1.20 bits per heavy atom. The molecule has 3 rings (SSSR count). The molecule has 3 aromatic rings. The second-order valence-electron chi connectivity index (χ2n) is 4.05. The molecular formula is C13H11N3O3S. The molecule has 2 aromatic heterocycles. The van der Waals surface area contributed by atoms with Gasteiger partial charge in [-0.3, -0.25) is 9.78 Å². The normalized spacial score (nSPS) is 10.9. The number of ether oxygens (including phenoxy) is 2. The Kier molecular flexibility index (Phi) is 2.90. The Labute approximate surface area is 117 Å². The average molecular weight is 289 g/mol. The molecule has 0 saturated carbocycles. The van der Waals surface area contributed by atoms with E-state index in [-0.39, 0.29) is 5.13 Å². The van der Waals surface area contributed by atoms with Crippen LogP contribution in [0.15, 0.2) is 23.1 Å². The molecule has 0 spiro atoms. The Morgan fingerprint density at radius 2 is 1.90 bits per heavy atom. The molecule has 0 bridgehead atoms. The van der Waals surface area contributed by atoms with Crippen molar-refractivity contribution in [3.05, 3.63) is 28.7 Å². The van der Waals surface area contributed by atoms with E-state index in [4.69, 9.17) is 15.2 Å². The average Bonchev–Trinajstić information content (AvgIpc) is 2.45. The summed E-state index contributed by atoms with van der Waals surface area (Å²) >= 11 is 1.23. The number of benzene rings is 1. The minimum absolute atomic E-state index is 0.208. The van der Waals surface area contributed by atoms with Gasteiger partial charge in [-0.05, 0) is 12.1 Å².